The highest BCUT2D eigenvalue weighted by Crippen LogP contribution is 2.18. The molecule has 24 heavy (non-hydrogen) atoms. The zero-order valence-corrected chi connectivity index (χ0v) is 14.4. The Morgan fingerprint density at radius 3 is 2.67 bits per heavy atom. The summed E-state index contributed by atoms with van der Waals surface area (Å²) in [5.41, 5.74) is 1.96. The molecule has 1 saturated heterocycles. The fraction of sp³-hybridized carbons (Fsp3) is 0.529. The second-order valence-electron chi connectivity index (χ2n) is 6.31. The summed E-state index contributed by atoms with van der Waals surface area (Å²) in [6.07, 6.45) is 5.24. The monoisotopic (exact) mass is 329 g/mol. The predicted octanol–water partition coefficient (Wildman–Crippen LogP) is 2.34. The van der Waals surface area contributed by atoms with Gasteiger partial charge in [0.25, 0.3) is 5.91 Å². The molecule has 0 atom stereocenters. The Morgan fingerprint density at radius 1 is 1.29 bits per heavy atom. The van der Waals surface area contributed by atoms with Crippen LogP contribution < -0.4 is 4.90 Å². The highest BCUT2D eigenvalue weighted by Gasteiger charge is 2.20. The standard InChI is InChI=1S/C17H23N5O2/c1-12-9-14(20-24-12)11-21(3)16(23)15-10-18-17(19-13(15)2)22-7-5-4-6-8-22/h9-10H,4-8,11H2,1-3H3. The Morgan fingerprint density at radius 2 is 2.04 bits per heavy atom. The summed E-state index contributed by atoms with van der Waals surface area (Å²) in [5.74, 6) is 1.34. The molecular weight excluding hydrogens is 306 g/mol. The van der Waals surface area contributed by atoms with Crippen LogP contribution in [0.4, 0.5) is 5.95 Å². The van der Waals surface area contributed by atoms with Gasteiger partial charge < -0.3 is 14.3 Å². The molecular formula is C17H23N5O2. The first-order valence-electron chi connectivity index (χ1n) is 8.31. The number of carbonyl (C=O) groups excluding carboxylic acids is 1. The Balaban J connectivity index is 1.72. The van der Waals surface area contributed by atoms with Crippen LogP contribution in [0.15, 0.2) is 16.8 Å². The van der Waals surface area contributed by atoms with E-state index in [4.69, 9.17) is 4.52 Å². The lowest BCUT2D eigenvalue weighted by Gasteiger charge is -2.27. The molecule has 7 heteroatoms. The van der Waals surface area contributed by atoms with Gasteiger partial charge in [-0.25, -0.2) is 9.97 Å². The second-order valence-corrected chi connectivity index (χ2v) is 6.31. The van der Waals surface area contributed by atoms with Crippen LogP contribution in [0.2, 0.25) is 0 Å². The molecule has 0 saturated carbocycles. The van der Waals surface area contributed by atoms with E-state index in [9.17, 15) is 4.79 Å². The van der Waals surface area contributed by atoms with Crippen molar-refractivity contribution in [2.75, 3.05) is 25.0 Å². The molecule has 0 spiro atoms. The summed E-state index contributed by atoms with van der Waals surface area (Å²) < 4.78 is 5.04. The molecule has 0 aliphatic carbocycles. The molecule has 0 N–H and O–H groups in total. The normalized spacial score (nSPS) is 14.7. The highest BCUT2D eigenvalue weighted by atomic mass is 16.5. The van der Waals surface area contributed by atoms with Crippen LogP contribution in [-0.4, -0.2) is 46.1 Å². The Labute approximate surface area is 141 Å². The van der Waals surface area contributed by atoms with Gasteiger partial charge in [0.1, 0.15) is 11.5 Å². The lowest BCUT2D eigenvalue weighted by Crippen LogP contribution is -2.32. The maximum atomic E-state index is 12.6. The molecule has 1 aliphatic heterocycles. The molecule has 3 heterocycles. The van der Waals surface area contributed by atoms with Gasteiger partial charge in [-0.05, 0) is 33.1 Å². The van der Waals surface area contributed by atoms with Crippen molar-refractivity contribution >= 4 is 11.9 Å². The second kappa shape index (κ2) is 6.98. The first kappa shape index (κ1) is 16.4. The van der Waals surface area contributed by atoms with Gasteiger partial charge in [0.15, 0.2) is 0 Å². The number of anilines is 1. The summed E-state index contributed by atoms with van der Waals surface area (Å²) in [7, 11) is 1.74. The van der Waals surface area contributed by atoms with Gasteiger partial charge in [0.05, 0.1) is 17.8 Å². The fourth-order valence-electron chi connectivity index (χ4n) is 2.92. The minimum Gasteiger partial charge on any atom is -0.361 e. The molecule has 7 nitrogen and oxygen atoms in total. The molecule has 3 rings (SSSR count). The zero-order chi connectivity index (χ0) is 17.1. The van der Waals surface area contributed by atoms with Crippen molar-refractivity contribution in [3.8, 4) is 0 Å². The third kappa shape index (κ3) is 3.55. The average molecular weight is 329 g/mol. The SMILES string of the molecule is Cc1cc(CN(C)C(=O)c2cnc(N3CCCCC3)nc2C)no1. The summed E-state index contributed by atoms with van der Waals surface area (Å²) in [6.45, 7) is 6.05. The van der Waals surface area contributed by atoms with E-state index in [-0.39, 0.29) is 5.91 Å². The topological polar surface area (TPSA) is 75.4 Å². The molecule has 0 bridgehead atoms. The summed E-state index contributed by atoms with van der Waals surface area (Å²) in [4.78, 5) is 25.4. The van der Waals surface area contributed by atoms with E-state index >= 15 is 0 Å². The maximum Gasteiger partial charge on any atom is 0.257 e. The van der Waals surface area contributed by atoms with Crippen molar-refractivity contribution in [1.82, 2.24) is 20.0 Å². The lowest BCUT2D eigenvalue weighted by atomic mass is 10.1. The van der Waals surface area contributed by atoms with Gasteiger partial charge in [0, 0.05) is 32.4 Å². The van der Waals surface area contributed by atoms with Crippen molar-refractivity contribution in [2.24, 2.45) is 0 Å². The minimum atomic E-state index is -0.113. The summed E-state index contributed by atoms with van der Waals surface area (Å²) >= 11 is 0. The molecule has 128 valence electrons. The number of carbonyl (C=O) groups is 1. The van der Waals surface area contributed by atoms with Crippen molar-refractivity contribution in [1.29, 1.82) is 0 Å². The quantitative estimate of drug-likeness (QED) is 0.857. The van der Waals surface area contributed by atoms with E-state index in [1.807, 2.05) is 19.9 Å². The van der Waals surface area contributed by atoms with Crippen LogP contribution in [0.25, 0.3) is 0 Å². The number of nitrogens with zero attached hydrogens (tertiary/aromatic N) is 5. The molecule has 1 amide bonds. The van der Waals surface area contributed by atoms with Crippen LogP contribution in [0, 0.1) is 13.8 Å². The number of amides is 1. The molecule has 1 aliphatic rings. The van der Waals surface area contributed by atoms with Crippen molar-refractivity contribution < 1.29 is 9.32 Å². The van der Waals surface area contributed by atoms with Crippen LogP contribution >= 0.6 is 0 Å². The van der Waals surface area contributed by atoms with E-state index in [1.165, 1.54) is 19.3 Å². The summed E-state index contributed by atoms with van der Waals surface area (Å²) in [6, 6.07) is 1.83. The van der Waals surface area contributed by atoms with E-state index < -0.39 is 0 Å². The molecule has 1 fully saturated rings. The minimum absolute atomic E-state index is 0.113. The predicted molar refractivity (Wildman–Crippen MR) is 89.9 cm³/mol. The van der Waals surface area contributed by atoms with Crippen molar-refractivity contribution in [3.63, 3.8) is 0 Å². The summed E-state index contributed by atoms with van der Waals surface area (Å²) in [5, 5.41) is 3.92. The Hall–Kier alpha value is -2.44. The van der Waals surface area contributed by atoms with E-state index in [2.05, 4.69) is 20.0 Å². The van der Waals surface area contributed by atoms with Gasteiger partial charge >= 0.3 is 0 Å². The largest absolute Gasteiger partial charge is 0.361 e. The van der Waals surface area contributed by atoms with E-state index in [1.54, 1.807) is 18.1 Å². The van der Waals surface area contributed by atoms with Crippen LogP contribution in [-0.2, 0) is 6.54 Å². The Bertz CT molecular complexity index is 722. The van der Waals surface area contributed by atoms with Crippen LogP contribution in [0.3, 0.4) is 0 Å². The molecule has 2 aromatic heterocycles. The van der Waals surface area contributed by atoms with Gasteiger partial charge in [-0.2, -0.15) is 0 Å². The smallest absolute Gasteiger partial charge is 0.257 e. The van der Waals surface area contributed by atoms with Gasteiger partial charge in [-0.1, -0.05) is 5.16 Å². The van der Waals surface area contributed by atoms with Crippen LogP contribution in [0.5, 0.6) is 0 Å². The maximum absolute atomic E-state index is 12.6. The van der Waals surface area contributed by atoms with Gasteiger partial charge in [-0.3, -0.25) is 4.79 Å². The highest BCUT2D eigenvalue weighted by molar-refractivity contribution is 5.94. The fourth-order valence-corrected chi connectivity index (χ4v) is 2.92. The van der Waals surface area contributed by atoms with Crippen LogP contribution in [0.1, 0.15) is 46.8 Å². The first-order valence-corrected chi connectivity index (χ1v) is 8.31. The molecule has 0 radical (unpaired) electrons. The number of aromatic nitrogens is 3. The first-order chi connectivity index (χ1) is 11.5. The van der Waals surface area contributed by atoms with Gasteiger partial charge in [0.2, 0.25) is 5.95 Å². The molecule has 2 aromatic rings. The third-order valence-electron chi connectivity index (χ3n) is 4.26. The lowest BCUT2D eigenvalue weighted by molar-refractivity contribution is 0.0780. The number of rotatable bonds is 4. The number of hydrogen-bond donors (Lipinski definition) is 0. The van der Waals surface area contributed by atoms with E-state index in [0.29, 0.717) is 17.8 Å². The number of piperidine rings is 1. The molecule has 0 unspecified atom stereocenters. The van der Waals surface area contributed by atoms with E-state index in [0.717, 1.165) is 30.5 Å². The number of hydrogen-bond acceptors (Lipinski definition) is 6. The van der Waals surface area contributed by atoms with Crippen molar-refractivity contribution in [2.45, 2.75) is 39.7 Å². The Kier molecular flexibility index (Phi) is 4.78. The molecule has 0 aromatic carbocycles. The van der Waals surface area contributed by atoms with Crippen molar-refractivity contribution in [3.05, 3.63) is 35.0 Å². The zero-order valence-electron chi connectivity index (χ0n) is 14.4. The third-order valence-corrected chi connectivity index (χ3v) is 4.26. The number of aryl methyl sites for hydroxylation is 2. The van der Waals surface area contributed by atoms with Gasteiger partial charge in [-0.15, -0.1) is 0 Å². The average Bonchev–Trinajstić information content (AvgIpc) is 3.00.